The molecule has 2 N–H and O–H groups in total. The Morgan fingerprint density at radius 2 is 2.05 bits per heavy atom. The number of hydrogen-bond donors (Lipinski definition) is 2. The molecule has 0 spiro atoms. The van der Waals surface area contributed by atoms with E-state index in [1.165, 1.54) is 13.1 Å². The summed E-state index contributed by atoms with van der Waals surface area (Å²) in [5.74, 6) is -1.31. The molecule has 1 saturated heterocycles. The predicted octanol–water partition coefficient (Wildman–Crippen LogP) is 0.894. The van der Waals surface area contributed by atoms with Gasteiger partial charge in [-0.15, -0.1) is 0 Å². The number of nitrogens with zero attached hydrogens (tertiary/aromatic N) is 1. The molecule has 0 amide bonds. The third-order valence-corrected chi connectivity index (χ3v) is 5.27. The minimum absolute atomic E-state index is 0.181. The number of benzene rings is 1. The summed E-state index contributed by atoms with van der Waals surface area (Å²) in [5.41, 5.74) is 0.554. The van der Waals surface area contributed by atoms with Crippen molar-refractivity contribution in [2.45, 2.75) is 24.3 Å². The SMILES string of the molecule is CNS(=O)(=O)c1ccccc1N1CCC(C(=O)O)C1C. The van der Waals surface area contributed by atoms with Gasteiger partial charge in [0.05, 0.1) is 11.6 Å². The first kappa shape index (κ1) is 14.8. The number of carboxylic acids is 1. The number of carboxylic acid groups (broad SMARTS) is 1. The summed E-state index contributed by atoms with van der Waals surface area (Å²) in [6, 6.07) is 6.42. The molecular formula is C13H18N2O4S. The normalized spacial score (nSPS) is 23.0. The second-order valence-corrected chi connectivity index (χ2v) is 6.70. The molecule has 7 heteroatoms. The highest BCUT2D eigenvalue weighted by atomic mass is 32.2. The van der Waals surface area contributed by atoms with E-state index in [0.29, 0.717) is 18.7 Å². The Morgan fingerprint density at radius 3 is 2.60 bits per heavy atom. The largest absolute Gasteiger partial charge is 0.481 e. The highest BCUT2D eigenvalue weighted by molar-refractivity contribution is 7.89. The van der Waals surface area contributed by atoms with E-state index in [4.69, 9.17) is 5.11 Å². The smallest absolute Gasteiger partial charge is 0.308 e. The standard InChI is InChI=1S/C13H18N2O4S/c1-9-10(13(16)17)7-8-15(9)11-5-3-4-6-12(11)20(18,19)14-2/h3-6,9-10,14H,7-8H2,1-2H3,(H,16,17). The molecule has 2 unspecified atom stereocenters. The molecule has 20 heavy (non-hydrogen) atoms. The highest BCUT2D eigenvalue weighted by Crippen LogP contribution is 2.33. The Hall–Kier alpha value is -1.60. The van der Waals surface area contributed by atoms with Crippen molar-refractivity contribution in [3.05, 3.63) is 24.3 Å². The van der Waals surface area contributed by atoms with Crippen molar-refractivity contribution in [3.8, 4) is 0 Å². The second kappa shape index (κ2) is 5.41. The fraction of sp³-hybridized carbons (Fsp3) is 0.462. The number of nitrogens with one attached hydrogen (secondary N) is 1. The van der Waals surface area contributed by atoms with Gasteiger partial charge in [0.1, 0.15) is 4.90 Å². The lowest BCUT2D eigenvalue weighted by Crippen LogP contribution is -2.34. The molecule has 6 nitrogen and oxygen atoms in total. The molecule has 1 aromatic rings. The lowest BCUT2D eigenvalue weighted by molar-refractivity contribution is -0.141. The van der Waals surface area contributed by atoms with Crippen molar-refractivity contribution in [3.63, 3.8) is 0 Å². The molecule has 1 aromatic carbocycles. The second-order valence-electron chi connectivity index (χ2n) is 4.84. The van der Waals surface area contributed by atoms with Crippen molar-refractivity contribution < 1.29 is 18.3 Å². The van der Waals surface area contributed by atoms with E-state index in [0.717, 1.165) is 0 Å². The number of hydrogen-bond acceptors (Lipinski definition) is 4. The van der Waals surface area contributed by atoms with Gasteiger partial charge in [0, 0.05) is 12.6 Å². The third-order valence-electron chi connectivity index (χ3n) is 3.81. The molecule has 0 bridgehead atoms. The summed E-state index contributed by atoms with van der Waals surface area (Å²) in [6.45, 7) is 2.35. The van der Waals surface area contributed by atoms with Crippen LogP contribution in [0.3, 0.4) is 0 Å². The van der Waals surface area contributed by atoms with Gasteiger partial charge in [-0.05, 0) is 32.5 Å². The monoisotopic (exact) mass is 298 g/mol. The lowest BCUT2D eigenvalue weighted by Gasteiger charge is -2.27. The van der Waals surface area contributed by atoms with Gasteiger partial charge >= 0.3 is 5.97 Å². The van der Waals surface area contributed by atoms with Gasteiger partial charge in [-0.1, -0.05) is 12.1 Å². The topological polar surface area (TPSA) is 86.7 Å². The number of sulfonamides is 1. The van der Waals surface area contributed by atoms with Crippen molar-refractivity contribution >= 4 is 21.7 Å². The van der Waals surface area contributed by atoms with E-state index in [1.54, 1.807) is 18.2 Å². The van der Waals surface area contributed by atoms with Gasteiger partial charge in [-0.2, -0.15) is 0 Å². The van der Waals surface area contributed by atoms with Crippen LogP contribution < -0.4 is 9.62 Å². The Bertz CT molecular complexity index is 615. The zero-order valence-corrected chi connectivity index (χ0v) is 12.2. The van der Waals surface area contributed by atoms with Gasteiger partial charge in [0.25, 0.3) is 0 Å². The Labute approximate surface area is 118 Å². The zero-order valence-electron chi connectivity index (χ0n) is 11.4. The van der Waals surface area contributed by atoms with Crippen LogP contribution >= 0.6 is 0 Å². The first-order valence-electron chi connectivity index (χ1n) is 6.40. The number of anilines is 1. The van der Waals surface area contributed by atoms with E-state index < -0.39 is 21.9 Å². The van der Waals surface area contributed by atoms with E-state index in [-0.39, 0.29) is 10.9 Å². The quantitative estimate of drug-likeness (QED) is 0.862. The minimum Gasteiger partial charge on any atom is -0.481 e. The molecule has 1 heterocycles. The predicted molar refractivity (Wildman–Crippen MR) is 75.2 cm³/mol. The Morgan fingerprint density at radius 1 is 1.40 bits per heavy atom. The number of carbonyl (C=O) groups is 1. The summed E-state index contributed by atoms with van der Waals surface area (Å²) >= 11 is 0. The van der Waals surface area contributed by atoms with Crippen molar-refractivity contribution in [2.24, 2.45) is 5.92 Å². The van der Waals surface area contributed by atoms with E-state index in [1.807, 2.05) is 11.8 Å². The minimum atomic E-state index is -3.57. The van der Waals surface area contributed by atoms with Gasteiger partial charge < -0.3 is 10.0 Å². The number of aliphatic carboxylic acids is 1. The third kappa shape index (κ3) is 2.51. The first-order chi connectivity index (χ1) is 9.38. The van der Waals surface area contributed by atoms with Crippen molar-refractivity contribution in [1.82, 2.24) is 4.72 Å². The molecule has 1 aliphatic heterocycles. The zero-order chi connectivity index (χ0) is 14.9. The maximum Gasteiger partial charge on any atom is 0.308 e. The highest BCUT2D eigenvalue weighted by Gasteiger charge is 2.37. The molecular weight excluding hydrogens is 280 g/mol. The lowest BCUT2D eigenvalue weighted by atomic mass is 10.0. The van der Waals surface area contributed by atoms with Crippen LogP contribution in [0.15, 0.2) is 29.2 Å². The van der Waals surface area contributed by atoms with Crippen LogP contribution in [-0.2, 0) is 14.8 Å². The average Bonchev–Trinajstić information content (AvgIpc) is 2.80. The van der Waals surface area contributed by atoms with Crippen molar-refractivity contribution in [1.29, 1.82) is 0 Å². The van der Waals surface area contributed by atoms with Gasteiger partial charge in [-0.3, -0.25) is 4.79 Å². The Kier molecular flexibility index (Phi) is 4.01. The molecule has 0 aliphatic carbocycles. The molecule has 0 aromatic heterocycles. The molecule has 0 radical (unpaired) electrons. The fourth-order valence-electron chi connectivity index (χ4n) is 2.64. The molecule has 1 fully saturated rings. The molecule has 0 saturated carbocycles. The Balaban J connectivity index is 2.43. The van der Waals surface area contributed by atoms with Crippen LogP contribution in [0, 0.1) is 5.92 Å². The van der Waals surface area contributed by atoms with Gasteiger partial charge in [0.2, 0.25) is 10.0 Å². The van der Waals surface area contributed by atoms with Crippen LogP contribution in [0.5, 0.6) is 0 Å². The number of rotatable bonds is 4. The summed E-state index contributed by atoms with van der Waals surface area (Å²) in [7, 11) is -2.21. The molecule has 2 atom stereocenters. The first-order valence-corrected chi connectivity index (χ1v) is 7.89. The number of para-hydroxylation sites is 1. The molecule has 2 rings (SSSR count). The van der Waals surface area contributed by atoms with Gasteiger partial charge in [-0.25, -0.2) is 13.1 Å². The van der Waals surface area contributed by atoms with Crippen LogP contribution in [0.2, 0.25) is 0 Å². The van der Waals surface area contributed by atoms with Crippen LogP contribution in [0.4, 0.5) is 5.69 Å². The van der Waals surface area contributed by atoms with E-state index in [9.17, 15) is 13.2 Å². The van der Waals surface area contributed by atoms with Crippen LogP contribution in [0.1, 0.15) is 13.3 Å². The fourth-order valence-corrected chi connectivity index (χ4v) is 3.58. The maximum absolute atomic E-state index is 12.0. The van der Waals surface area contributed by atoms with Crippen molar-refractivity contribution in [2.75, 3.05) is 18.5 Å². The maximum atomic E-state index is 12.0. The van der Waals surface area contributed by atoms with E-state index in [2.05, 4.69) is 4.72 Å². The molecule has 110 valence electrons. The van der Waals surface area contributed by atoms with Crippen LogP contribution in [0.25, 0.3) is 0 Å². The summed E-state index contributed by atoms with van der Waals surface area (Å²) in [6.07, 6.45) is 0.518. The van der Waals surface area contributed by atoms with Crippen LogP contribution in [-0.4, -0.2) is 39.1 Å². The summed E-state index contributed by atoms with van der Waals surface area (Å²) < 4.78 is 26.4. The van der Waals surface area contributed by atoms with E-state index >= 15 is 0 Å². The summed E-state index contributed by atoms with van der Waals surface area (Å²) in [5, 5.41) is 9.17. The average molecular weight is 298 g/mol. The summed E-state index contributed by atoms with van der Waals surface area (Å²) in [4.78, 5) is 13.2. The van der Waals surface area contributed by atoms with Gasteiger partial charge in [0.15, 0.2) is 0 Å². The molecule has 1 aliphatic rings.